The second-order valence-electron chi connectivity index (χ2n) is 7.38. The quantitative estimate of drug-likeness (QED) is 0.384. The molecule has 3 aromatic carbocycles. The van der Waals surface area contributed by atoms with Gasteiger partial charge < -0.3 is 19.5 Å². The minimum absolute atomic E-state index is 0.233. The average Bonchev–Trinajstić information content (AvgIpc) is 2.78. The lowest BCUT2D eigenvalue weighted by atomic mass is 10.1. The van der Waals surface area contributed by atoms with Crippen molar-refractivity contribution in [2.45, 2.75) is 33.8 Å². The van der Waals surface area contributed by atoms with Crippen LogP contribution in [0.15, 0.2) is 66.7 Å². The molecule has 1 N–H and O–H groups in total. The van der Waals surface area contributed by atoms with E-state index in [-0.39, 0.29) is 5.91 Å². The summed E-state index contributed by atoms with van der Waals surface area (Å²) < 4.78 is 16.4. The molecule has 0 aromatic heterocycles. The lowest BCUT2D eigenvalue weighted by molar-refractivity contribution is -0.141. The second kappa shape index (κ2) is 10.5. The maximum absolute atomic E-state index is 12.5. The third kappa shape index (κ3) is 6.11. The van der Waals surface area contributed by atoms with E-state index in [0.29, 0.717) is 23.7 Å². The first-order valence-electron chi connectivity index (χ1n) is 10.5. The lowest BCUT2D eigenvalue weighted by Crippen LogP contribution is -2.28. The summed E-state index contributed by atoms with van der Waals surface area (Å²) >= 11 is 0. The zero-order valence-electron chi connectivity index (χ0n) is 18.7. The number of ether oxygens (including phenoxy) is 3. The standard InChI is InChI=1S/C26H27NO5/c1-5-30-21-12-14-22(15-13-21)31-19(4)26(29)32-23-10-8-20(9-11-23)25(28)27-24-16-17(2)6-7-18(24)3/h6-16,19H,5H2,1-4H3,(H,27,28). The number of hydrogen-bond acceptors (Lipinski definition) is 5. The fourth-order valence-electron chi connectivity index (χ4n) is 2.97. The number of anilines is 1. The zero-order valence-corrected chi connectivity index (χ0v) is 18.7. The predicted molar refractivity (Wildman–Crippen MR) is 124 cm³/mol. The fraction of sp³-hybridized carbons (Fsp3) is 0.231. The summed E-state index contributed by atoms with van der Waals surface area (Å²) in [5.41, 5.74) is 3.28. The summed E-state index contributed by atoms with van der Waals surface area (Å²) in [6, 6.07) is 19.3. The molecule has 0 bridgehead atoms. The van der Waals surface area contributed by atoms with Crippen LogP contribution in [0.4, 0.5) is 5.69 Å². The molecular weight excluding hydrogens is 406 g/mol. The van der Waals surface area contributed by atoms with Gasteiger partial charge in [0.05, 0.1) is 6.61 Å². The first-order valence-corrected chi connectivity index (χ1v) is 10.5. The second-order valence-corrected chi connectivity index (χ2v) is 7.38. The van der Waals surface area contributed by atoms with E-state index >= 15 is 0 Å². The molecule has 32 heavy (non-hydrogen) atoms. The first kappa shape index (κ1) is 22.9. The highest BCUT2D eigenvalue weighted by Crippen LogP contribution is 2.21. The molecule has 0 spiro atoms. The maximum Gasteiger partial charge on any atom is 0.352 e. The van der Waals surface area contributed by atoms with Crippen molar-refractivity contribution in [2.75, 3.05) is 11.9 Å². The molecule has 0 saturated heterocycles. The van der Waals surface area contributed by atoms with Crippen LogP contribution in [-0.4, -0.2) is 24.6 Å². The van der Waals surface area contributed by atoms with E-state index in [0.717, 1.165) is 22.6 Å². The van der Waals surface area contributed by atoms with Crippen LogP contribution in [0, 0.1) is 13.8 Å². The van der Waals surface area contributed by atoms with Crippen molar-refractivity contribution in [1.29, 1.82) is 0 Å². The van der Waals surface area contributed by atoms with Crippen molar-refractivity contribution >= 4 is 17.6 Å². The Morgan fingerprint density at radius 1 is 0.875 bits per heavy atom. The highest BCUT2D eigenvalue weighted by molar-refractivity contribution is 6.04. The third-order valence-corrected chi connectivity index (χ3v) is 4.76. The Kier molecular flexibility index (Phi) is 7.49. The number of amides is 1. The molecular formula is C26H27NO5. The Labute approximate surface area is 188 Å². The highest BCUT2D eigenvalue weighted by atomic mass is 16.6. The van der Waals surface area contributed by atoms with Crippen molar-refractivity contribution in [1.82, 2.24) is 0 Å². The topological polar surface area (TPSA) is 73.9 Å². The Bertz CT molecular complexity index is 1070. The molecule has 166 valence electrons. The molecule has 1 atom stereocenters. The van der Waals surface area contributed by atoms with Crippen LogP contribution >= 0.6 is 0 Å². The Morgan fingerprint density at radius 3 is 2.16 bits per heavy atom. The van der Waals surface area contributed by atoms with Crippen LogP contribution in [0.1, 0.15) is 35.3 Å². The Morgan fingerprint density at radius 2 is 1.50 bits per heavy atom. The van der Waals surface area contributed by atoms with E-state index in [1.54, 1.807) is 55.5 Å². The summed E-state index contributed by atoms with van der Waals surface area (Å²) in [6.07, 6.45) is -0.805. The number of carbonyl (C=O) groups excluding carboxylic acids is 2. The molecule has 1 unspecified atom stereocenters. The van der Waals surface area contributed by atoms with Gasteiger partial charge in [-0.05, 0) is 93.4 Å². The molecule has 6 nitrogen and oxygen atoms in total. The number of aryl methyl sites for hydroxylation is 2. The van der Waals surface area contributed by atoms with Gasteiger partial charge in [-0.25, -0.2) is 4.79 Å². The van der Waals surface area contributed by atoms with Gasteiger partial charge in [0.2, 0.25) is 0 Å². The van der Waals surface area contributed by atoms with Gasteiger partial charge in [-0.1, -0.05) is 12.1 Å². The van der Waals surface area contributed by atoms with Crippen LogP contribution < -0.4 is 19.5 Å². The molecule has 0 aliphatic heterocycles. The van der Waals surface area contributed by atoms with E-state index in [2.05, 4.69) is 5.32 Å². The molecule has 0 aliphatic rings. The Balaban J connectivity index is 1.56. The number of hydrogen-bond donors (Lipinski definition) is 1. The molecule has 0 aliphatic carbocycles. The van der Waals surface area contributed by atoms with Gasteiger partial charge in [-0.2, -0.15) is 0 Å². The first-order chi connectivity index (χ1) is 15.4. The molecule has 1 amide bonds. The van der Waals surface area contributed by atoms with Crippen molar-refractivity contribution < 1.29 is 23.8 Å². The molecule has 6 heteroatoms. The third-order valence-electron chi connectivity index (χ3n) is 4.76. The van der Waals surface area contributed by atoms with E-state index in [1.165, 1.54) is 0 Å². The molecule has 3 aromatic rings. The van der Waals surface area contributed by atoms with Gasteiger partial charge in [-0.15, -0.1) is 0 Å². The highest BCUT2D eigenvalue weighted by Gasteiger charge is 2.18. The van der Waals surface area contributed by atoms with Crippen molar-refractivity contribution in [2.24, 2.45) is 0 Å². The lowest BCUT2D eigenvalue weighted by Gasteiger charge is -2.14. The summed E-state index contributed by atoms with van der Waals surface area (Å²) in [5.74, 6) is 0.837. The molecule has 0 fully saturated rings. The van der Waals surface area contributed by atoms with Crippen molar-refractivity contribution in [3.63, 3.8) is 0 Å². The number of carbonyl (C=O) groups is 2. The van der Waals surface area contributed by atoms with Gasteiger partial charge in [0.1, 0.15) is 17.2 Å². The largest absolute Gasteiger partial charge is 0.494 e. The summed E-state index contributed by atoms with van der Waals surface area (Å²) in [6.45, 7) is 8.01. The fourth-order valence-corrected chi connectivity index (χ4v) is 2.97. The van der Waals surface area contributed by atoms with Crippen molar-refractivity contribution in [3.05, 3.63) is 83.4 Å². The van der Waals surface area contributed by atoms with Gasteiger partial charge in [-0.3, -0.25) is 4.79 Å². The zero-order chi connectivity index (χ0) is 23.1. The molecule has 3 rings (SSSR count). The number of rotatable bonds is 8. The van der Waals surface area contributed by atoms with Crippen molar-refractivity contribution in [3.8, 4) is 17.2 Å². The van der Waals surface area contributed by atoms with E-state index in [4.69, 9.17) is 14.2 Å². The average molecular weight is 434 g/mol. The van der Waals surface area contributed by atoms with Crippen LogP contribution in [0.25, 0.3) is 0 Å². The normalized spacial score (nSPS) is 11.4. The SMILES string of the molecule is CCOc1ccc(OC(C)C(=O)Oc2ccc(C(=O)Nc3cc(C)ccc3C)cc2)cc1. The smallest absolute Gasteiger partial charge is 0.352 e. The number of benzene rings is 3. The molecule has 0 radical (unpaired) electrons. The minimum Gasteiger partial charge on any atom is -0.494 e. The van der Waals surface area contributed by atoms with Gasteiger partial charge >= 0.3 is 5.97 Å². The minimum atomic E-state index is -0.805. The summed E-state index contributed by atoms with van der Waals surface area (Å²) in [4.78, 5) is 24.9. The van der Waals surface area contributed by atoms with E-state index in [9.17, 15) is 9.59 Å². The predicted octanol–water partition coefficient (Wildman–Crippen LogP) is 5.33. The van der Waals surface area contributed by atoms with Gasteiger partial charge in [0.25, 0.3) is 5.91 Å². The number of nitrogens with one attached hydrogen (secondary N) is 1. The maximum atomic E-state index is 12.5. The van der Waals surface area contributed by atoms with Crippen LogP contribution in [-0.2, 0) is 4.79 Å². The van der Waals surface area contributed by atoms with Gasteiger partial charge in [0, 0.05) is 11.3 Å². The van der Waals surface area contributed by atoms with Crippen LogP contribution in [0.2, 0.25) is 0 Å². The number of esters is 1. The summed E-state index contributed by atoms with van der Waals surface area (Å²) in [7, 11) is 0. The molecule has 0 saturated carbocycles. The van der Waals surface area contributed by atoms with Gasteiger partial charge in [0.15, 0.2) is 6.10 Å². The molecule has 0 heterocycles. The van der Waals surface area contributed by atoms with Crippen LogP contribution in [0.5, 0.6) is 17.2 Å². The Hall–Kier alpha value is -3.80. The monoisotopic (exact) mass is 433 g/mol. The van der Waals surface area contributed by atoms with E-state index < -0.39 is 12.1 Å². The summed E-state index contributed by atoms with van der Waals surface area (Å²) in [5, 5.41) is 2.91. The van der Waals surface area contributed by atoms with Crippen LogP contribution in [0.3, 0.4) is 0 Å². The van der Waals surface area contributed by atoms with E-state index in [1.807, 2.05) is 39.0 Å².